The van der Waals surface area contributed by atoms with Gasteiger partial charge >= 0.3 is 79.7 Å². The van der Waals surface area contributed by atoms with Gasteiger partial charge in [-0.25, -0.2) is 0 Å². The molecule has 11 heavy (non-hydrogen) atoms. The van der Waals surface area contributed by atoms with Crippen LogP contribution in [0.3, 0.4) is 0 Å². The third-order valence-electron chi connectivity index (χ3n) is 2.02. The molecule has 0 spiro atoms. The van der Waals surface area contributed by atoms with Crippen LogP contribution >= 0.6 is 0 Å². The normalized spacial score (nSPS) is 19.0. The van der Waals surface area contributed by atoms with Gasteiger partial charge in [-0.1, -0.05) is 0 Å². The molecule has 0 saturated carbocycles. The Morgan fingerprint density at radius 3 is 2.18 bits per heavy atom. The standard InChI is InChI=1S/C10H14.W/c1-8-5-6-9(7-8)10(2,3)4;/h6H,1,7H2,2-4H3;. The van der Waals surface area contributed by atoms with Crippen LogP contribution in [0.25, 0.3) is 0 Å². The van der Waals surface area contributed by atoms with Gasteiger partial charge in [0.1, 0.15) is 0 Å². The monoisotopic (exact) mass is 318 g/mol. The maximum atomic E-state index is 4.03. The Balaban J connectivity index is 2.88. The molecule has 0 fully saturated rings. The second-order valence-electron chi connectivity index (χ2n) is 4.06. The molecule has 0 bridgehead atoms. The third-order valence-corrected chi connectivity index (χ3v) is 3.48. The molecule has 0 aliphatic heterocycles. The van der Waals surface area contributed by atoms with E-state index in [0.717, 1.165) is 6.42 Å². The summed E-state index contributed by atoms with van der Waals surface area (Å²) in [7, 11) is 0. The second-order valence-corrected chi connectivity index (χ2v) is 5.64. The molecule has 60 valence electrons. The zero-order valence-electron chi connectivity index (χ0n) is 7.40. The van der Waals surface area contributed by atoms with Gasteiger partial charge in [-0.2, -0.15) is 0 Å². The van der Waals surface area contributed by atoms with Gasteiger partial charge in [0.05, 0.1) is 0 Å². The van der Waals surface area contributed by atoms with Crippen molar-refractivity contribution in [3.63, 3.8) is 0 Å². The van der Waals surface area contributed by atoms with Crippen molar-refractivity contribution in [3.8, 4) is 0 Å². The summed E-state index contributed by atoms with van der Waals surface area (Å²) in [6, 6.07) is 0. The molecule has 0 heterocycles. The second kappa shape index (κ2) is 2.82. The quantitative estimate of drug-likeness (QED) is 0.644. The van der Waals surface area contributed by atoms with Gasteiger partial charge in [-0.3, -0.25) is 0 Å². The average molecular weight is 318 g/mol. The Hall–Kier alpha value is 0.0383. The van der Waals surface area contributed by atoms with Crippen LogP contribution in [0.1, 0.15) is 27.2 Å². The van der Waals surface area contributed by atoms with E-state index in [-0.39, 0.29) is 0 Å². The maximum absolute atomic E-state index is 4.03. The van der Waals surface area contributed by atoms with Crippen molar-refractivity contribution < 1.29 is 19.4 Å². The summed E-state index contributed by atoms with van der Waals surface area (Å²) in [5, 5.41) is 0. The van der Waals surface area contributed by atoms with Crippen LogP contribution in [0.5, 0.6) is 0 Å². The SMILES string of the molecule is C=C1CC(C(C)(C)C)=C[C]1=[W]. The van der Waals surface area contributed by atoms with Crippen molar-refractivity contribution in [2.75, 3.05) is 0 Å². The summed E-state index contributed by atoms with van der Waals surface area (Å²) in [6.07, 6.45) is 3.42. The molecule has 0 nitrogen and oxygen atoms in total. The van der Waals surface area contributed by atoms with Gasteiger partial charge < -0.3 is 0 Å². The van der Waals surface area contributed by atoms with Crippen molar-refractivity contribution in [1.82, 2.24) is 0 Å². The summed E-state index contributed by atoms with van der Waals surface area (Å²) in [5.41, 5.74) is 3.19. The summed E-state index contributed by atoms with van der Waals surface area (Å²) < 4.78 is 1.44. The first kappa shape index (κ1) is 9.13. The van der Waals surface area contributed by atoms with E-state index in [1.165, 1.54) is 15.0 Å². The van der Waals surface area contributed by atoms with Crippen LogP contribution in [-0.4, -0.2) is 3.90 Å². The van der Waals surface area contributed by atoms with E-state index in [1.807, 2.05) is 0 Å². The third kappa shape index (κ3) is 1.99. The van der Waals surface area contributed by atoms with E-state index in [4.69, 9.17) is 0 Å². The summed E-state index contributed by atoms with van der Waals surface area (Å²) >= 11 is 1.55. The van der Waals surface area contributed by atoms with Crippen LogP contribution < -0.4 is 0 Å². The fourth-order valence-electron chi connectivity index (χ4n) is 1.11. The number of hydrogen-bond donors (Lipinski definition) is 0. The van der Waals surface area contributed by atoms with Crippen LogP contribution in [0.4, 0.5) is 0 Å². The molecule has 1 heteroatoms. The van der Waals surface area contributed by atoms with Crippen molar-refractivity contribution in [3.05, 3.63) is 23.8 Å². The molecule has 0 radical (unpaired) electrons. The Labute approximate surface area is 79.8 Å². The molecule has 0 aromatic heterocycles. The average Bonchev–Trinajstić information content (AvgIpc) is 2.11. The molecule has 0 amide bonds. The zero-order chi connectivity index (χ0) is 8.65. The predicted molar refractivity (Wildman–Crippen MR) is 46.3 cm³/mol. The van der Waals surface area contributed by atoms with Gasteiger partial charge in [-0.05, 0) is 0 Å². The molecule has 0 N–H and O–H groups in total. The van der Waals surface area contributed by atoms with Gasteiger partial charge in [0, 0.05) is 0 Å². The first-order chi connectivity index (χ1) is 4.91. The summed E-state index contributed by atoms with van der Waals surface area (Å²) in [4.78, 5) is 0. The van der Waals surface area contributed by atoms with E-state index < -0.39 is 0 Å². The topological polar surface area (TPSA) is 0 Å². The molecule has 0 atom stereocenters. The minimum atomic E-state index is 0.333. The van der Waals surface area contributed by atoms with Crippen molar-refractivity contribution in [1.29, 1.82) is 0 Å². The van der Waals surface area contributed by atoms with E-state index >= 15 is 0 Å². The number of hydrogen-bond acceptors (Lipinski definition) is 0. The van der Waals surface area contributed by atoms with Crippen molar-refractivity contribution in [2.45, 2.75) is 27.2 Å². The predicted octanol–water partition coefficient (Wildman–Crippen LogP) is 2.64. The van der Waals surface area contributed by atoms with E-state index in [0.29, 0.717) is 5.41 Å². The van der Waals surface area contributed by atoms with Gasteiger partial charge in [0.15, 0.2) is 0 Å². The van der Waals surface area contributed by atoms with Gasteiger partial charge in [0.25, 0.3) is 0 Å². The summed E-state index contributed by atoms with van der Waals surface area (Å²) in [5.74, 6) is 0. The molecule has 1 aliphatic rings. The van der Waals surface area contributed by atoms with Crippen LogP contribution in [0.2, 0.25) is 0 Å². The Bertz CT molecular complexity index is 238. The molecular weight excluding hydrogens is 304 g/mol. The minimum absolute atomic E-state index is 0.333. The molecule has 0 aromatic rings. The van der Waals surface area contributed by atoms with Crippen molar-refractivity contribution >= 4 is 3.90 Å². The van der Waals surface area contributed by atoms with Crippen molar-refractivity contribution in [2.24, 2.45) is 5.41 Å². The molecule has 1 aliphatic carbocycles. The first-order valence-corrected chi connectivity index (χ1v) is 5.31. The number of rotatable bonds is 0. The fourth-order valence-corrected chi connectivity index (χ4v) is 1.88. The van der Waals surface area contributed by atoms with E-state index in [2.05, 4.69) is 33.4 Å². The van der Waals surface area contributed by atoms with Crippen LogP contribution in [-0.2, 0) is 19.4 Å². The molecule has 0 unspecified atom stereocenters. The fraction of sp³-hybridized carbons (Fsp3) is 0.500. The zero-order valence-corrected chi connectivity index (χ0v) is 10.3. The molecule has 0 aromatic carbocycles. The van der Waals surface area contributed by atoms with E-state index in [1.54, 1.807) is 19.4 Å². The van der Waals surface area contributed by atoms with Crippen LogP contribution in [0, 0.1) is 5.41 Å². The Morgan fingerprint density at radius 2 is 2.00 bits per heavy atom. The van der Waals surface area contributed by atoms with Gasteiger partial charge in [0.2, 0.25) is 0 Å². The molecule has 0 saturated heterocycles. The number of allylic oxidation sites excluding steroid dienone is 3. The van der Waals surface area contributed by atoms with Crippen LogP contribution in [0.15, 0.2) is 23.8 Å². The Kier molecular flexibility index (Phi) is 2.34. The molecular formula is C10H14W. The first-order valence-electron chi connectivity index (χ1n) is 3.84. The Morgan fingerprint density at radius 1 is 1.45 bits per heavy atom. The van der Waals surface area contributed by atoms with E-state index in [9.17, 15) is 0 Å². The molecule has 1 rings (SSSR count). The van der Waals surface area contributed by atoms with Gasteiger partial charge in [-0.15, -0.1) is 0 Å². The summed E-state index contributed by atoms with van der Waals surface area (Å²) in [6.45, 7) is 10.8.